The van der Waals surface area contributed by atoms with Gasteiger partial charge in [0, 0.05) is 41.3 Å². The Labute approximate surface area is 136 Å². The van der Waals surface area contributed by atoms with Gasteiger partial charge in [-0.2, -0.15) is 0 Å². The highest BCUT2D eigenvalue weighted by Crippen LogP contribution is 2.25. The van der Waals surface area contributed by atoms with Gasteiger partial charge in [0.1, 0.15) is 5.82 Å². The molecule has 1 aliphatic rings. The summed E-state index contributed by atoms with van der Waals surface area (Å²) >= 11 is 3.32. The predicted octanol–water partition coefficient (Wildman–Crippen LogP) is 4.19. The van der Waals surface area contributed by atoms with Gasteiger partial charge in [-0.05, 0) is 31.9 Å². The summed E-state index contributed by atoms with van der Waals surface area (Å²) < 4.78 is 14.9. The molecule has 1 aromatic carbocycles. The minimum Gasteiger partial charge on any atom is -0.309 e. The maximum absolute atomic E-state index is 14.1. The Morgan fingerprint density at radius 3 is 2.81 bits per heavy atom. The molecule has 21 heavy (non-hydrogen) atoms. The molecular weight excluding hydrogens is 331 g/mol. The van der Waals surface area contributed by atoms with Crippen LogP contribution in [0, 0.1) is 11.7 Å². The lowest BCUT2D eigenvalue weighted by Crippen LogP contribution is -2.62. The molecule has 1 saturated heterocycles. The first-order valence-corrected chi connectivity index (χ1v) is 8.54. The molecule has 0 spiro atoms. The topological polar surface area (TPSA) is 15.3 Å². The van der Waals surface area contributed by atoms with Crippen molar-refractivity contribution in [2.75, 3.05) is 13.1 Å². The monoisotopic (exact) mass is 356 g/mol. The van der Waals surface area contributed by atoms with Crippen LogP contribution in [-0.4, -0.2) is 29.6 Å². The summed E-state index contributed by atoms with van der Waals surface area (Å²) in [5.41, 5.74) is 0.861. The van der Waals surface area contributed by atoms with Crippen LogP contribution in [0.4, 0.5) is 4.39 Å². The van der Waals surface area contributed by atoms with Gasteiger partial charge in [0.2, 0.25) is 0 Å². The first-order chi connectivity index (χ1) is 9.82. The number of benzene rings is 1. The predicted molar refractivity (Wildman–Crippen MR) is 89.8 cm³/mol. The summed E-state index contributed by atoms with van der Waals surface area (Å²) in [6.45, 7) is 11.5. The first kappa shape index (κ1) is 16.9. The lowest BCUT2D eigenvalue weighted by molar-refractivity contribution is 0.0562. The number of hydrogen-bond acceptors (Lipinski definition) is 2. The zero-order chi connectivity index (χ0) is 15.6. The third-order valence-electron chi connectivity index (χ3n) is 4.55. The van der Waals surface area contributed by atoms with Gasteiger partial charge in [-0.25, -0.2) is 4.39 Å². The van der Waals surface area contributed by atoms with Crippen molar-refractivity contribution in [3.05, 3.63) is 34.1 Å². The van der Waals surface area contributed by atoms with Gasteiger partial charge in [0.05, 0.1) is 0 Å². The van der Waals surface area contributed by atoms with E-state index >= 15 is 0 Å². The van der Waals surface area contributed by atoms with Crippen molar-refractivity contribution in [2.24, 2.45) is 5.92 Å². The zero-order valence-electron chi connectivity index (χ0n) is 13.4. The van der Waals surface area contributed by atoms with E-state index in [2.05, 4.69) is 53.8 Å². The Morgan fingerprint density at radius 2 is 2.19 bits per heavy atom. The molecule has 1 heterocycles. The highest BCUT2D eigenvalue weighted by Gasteiger charge is 2.34. The summed E-state index contributed by atoms with van der Waals surface area (Å²) in [7, 11) is 0. The quantitative estimate of drug-likeness (QED) is 0.869. The van der Waals surface area contributed by atoms with E-state index in [-0.39, 0.29) is 11.4 Å². The minimum absolute atomic E-state index is 0.0792. The van der Waals surface area contributed by atoms with E-state index in [1.807, 2.05) is 12.1 Å². The summed E-state index contributed by atoms with van der Waals surface area (Å²) in [5, 5.41) is 3.62. The van der Waals surface area contributed by atoms with Crippen LogP contribution in [0.5, 0.6) is 0 Å². The van der Waals surface area contributed by atoms with E-state index in [1.165, 1.54) is 0 Å². The van der Waals surface area contributed by atoms with Gasteiger partial charge in [-0.15, -0.1) is 0 Å². The van der Waals surface area contributed by atoms with Gasteiger partial charge < -0.3 is 5.32 Å². The molecule has 118 valence electrons. The average molecular weight is 357 g/mol. The number of halogens is 2. The number of hydrogen-bond donors (Lipinski definition) is 1. The molecule has 0 bridgehead atoms. The highest BCUT2D eigenvalue weighted by molar-refractivity contribution is 9.10. The van der Waals surface area contributed by atoms with Crippen LogP contribution in [0.2, 0.25) is 0 Å². The molecule has 0 aliphatic carbocycles. The lowest BCUT2D eigenvalue weighted by Gasteiger charge is -2.47. The van der Waals surface area contributed by atoms with Crippen LogP contribution in [-0.2, 0) is 6.54 Å². The molecule has 2 unspecified atom stereocenters. The molecule has 1 fully saturated rings. The SMILES string of the molecule is CCC(C)C1CNC(C)(C)CN1Cc1ccc(Br)cc1F. The second-order valence-corrected chi connectivity index (χ2v) is 7.77. The third-order valence-corrected chi connectivity index (χ3v) is 5.04. The van der Waals surface area contributed by atoms with Gasteiger partial charge in [0.25, 0.3) is 0 Å². The number of nitrogens with one attached hydrogen (secondary N) is 1. The Morgan fingerprint density at radius 1 is 1.48 bits per heavy atom. The normalized spacial score (nSPS) is 24.0. The third kappa shape index (κ3) is 4.27. The van der Waals surface area contributed by atoms with Crippen molar-refractivity contribution < 1.29 is 4.39 Å². The maximum atomic E-state index is 14.1. The number of rotatable bonds is 4. The van der Waals surface area contributed by atoms with Gasteiger partial charge in [-0.3, -0.25) is 4.90 Å². The van der Waals surface area contributed by atoms with Crippen molar-refractivity contribution in [3.8, 4) is 0 Å². The molecule has 2 rings (SSSR count). The maximum Gasteiger partial charge on any atom is 0.128 e. The standard InChI is InChI=1S/C17H26BrFN2/c1-5-12(2)16-9-20-17(3,4)11-21(16)10-13-6-7-14(18)8-15(13)19/h6-8,12,16,20H,5,9-11H2,1-4H3. The molecular formula is C17H26BrFN2. The van der Waals surface area contributed by atoms with Crippen LogP contribution in [0.1, 0.15) is 39.7 Å². The van der Waals surface area contributed by atoms with Gasteiger partial charge in [-0.1, -0.05) is 42.3 Å². The fraction of sp³-hybridized carbons (Fsp3) is 0.647. The van der Waals surface area contributed by atoms with Crippen LogP contribution in [0.15, 0.2) is 22.7 Å². The summed E-state index contributed by atoms with van der Waals surface area (Å²) in [4.78, 5) is 2.44. The molecule has 1 N–H and O–H groups in total. The van der Waals surface area contributed by atoms with Crippen LogP contribution in [0.3, 0.4) is 0 Å². The summed E-state index contributed by atoms with van der Waals surface area (Å²) in [5.74, 6) is 0.482. The van der Waals surface area contributed by atoms with Crippen LogP contribution < -0.4 is 5.32 Å². The molecule has 0 saturated carbocycles. The molecule has 1 aliphatic heterocycles. The molecule has 4 heteroatoms. The van der Waals surface area contributed by atoms with Crippen molar-refractivity contribution in [2.45, 2.75) is 52.2 Å². The number of nitrogens with zero attached hydrogens (tertiary/aromatic N) is 1. The van der Waals surface area contributed by atoms with E-state index in [4.69, 9.17) is 0 Å². The Kier molecular flexibility index (Phi) is 5.44. The van der Waals surface area contributed by atoms with E-state index in [0.29, 0.717) is 18.5 Å². The highest BCUT2D eigenvalue weighted by atomic mass is 79.9. The molecule has 2 atom stereocenters. The van der Waals surface area contributed by atoms with Crippen molar-refractivity contribution in [1.82, 2.24) is 10.2 Å². The first-order valence-electron chi connectivity index (χ1n) is 7.75. The Bertz CT molecular complexity index is 490. The summed E-state index contributed by atoms with van der Waals surface area (Å²) in [6, 6.07) is 5.83. The molecule has 1 aromatic rings. The van der Waals surface area contributed by atoms with Gasteiger partial charge >= 0.3 is 0 Å². The fourth-order valence-electron chi connectivity index (χ4n) is 3.07. The summed E-state index contributed by atoms with van der Waals surface area (Å²) in [6.07, 6.45) is 1.14. The smallest absolute Gasteiger partial charge is 0.128 e. The molecule has 0 aromatic heterocycles. The molecule has 2 nitrogen and oxygen atoms in total. The van der Waals surface area contributed by atoms with Crippen LogP contribution >= 0.6 is 15.9 Å². The van der Waals surface area contributed by atoms with Crippen molar-refractivity contribution in [3.63, 3.8) is 0 Å². The largest absolute Gasteiger partial charge is 0.309 e. The van der Waals surface area contributed by atoms with E-state index in [9.17, 15) is 4.39 Å². The van der Waals surface area contributed by atoms with Crippen LogP contribution in [0.25, 0.3) is 0 Å². The second kappa shape index (κ2) is 6.76. The Hall–Kier alpha value is -0.450. The Balaban J connectivity index is 2.19. The average Bonchev–Trinajstić information content (AvgIpc) is 2.40. The molecule has 0 radical (unpaired) electrons. The van der Waals surface area contributed by atoms with Crippen molar-refractivity contribution >= 4 is 15.9 Å². The second-order valence-electron chi connectivity index (χ2n) is 6.86. The van der Waals surface area contributed by atoms with E-state index in [1.54, 1.807) is 6.07 Å². The van der Waals surface area contributed by atoms with E-state index < -0.39 is 0 Å². The molecule has 0 amide bonds. The van der Waals surface area contributed by atoms with Gasteiger partial charge in [0.15, 0.2) is 0 Å². The van der Waals surface area contributed by atoms with Crippen molar-refractivity contribution in [1.29, 1.82) is 0 Å². The van der Waals surface area contributed by atoms with E-state index in [0.717, 1.165) is 29.5 Å². The minimum atomic E-state index is -0.122. The zero-order valence-corrected chi connectivity index (χ0v) is 15.0. The fourth-order valence-corrected chi connectivity index (χ4v) is 3.40. The number of piperazine rings is 1. The lowest BCUT2D eigenvalue weighted by atomic mass is 9.90.